The van der Waals surface area contributed by atoms with Crippen molar-refractivity contribution in [3.8, 4) is 0 Å². The Labute approximate surface area is 100 Å². The third-order valence-electron chi connectivity index (χ3n) is 4.01. The Balaban J connectivity index is 1.53. The van der Waals surface area contributed by atoms with Crippen LogP contribution in [0.15, 0.2) is 0 Å². The van der Waals surface area contributed by atoms with Crippen LogP contribution in [0.4, 0.5) is 0 Å². The van der Waals surface area contributed by atoms with Gasteiger partial charge in [0.15, 0.2) is 0 Å². The highest BCUT2D eigenvalue weighted by Crippen LogP contribution is 2.48. The Morgan fingerprint density at radius 3 is 2.19 bits per heavy atom. The third kappa shape index (κ3) is 4.42. The van der Waals surface area contributed by atoms with Crippen LogP contribution in [0.25, 0.3) is 0 Å². The van der Waals surface area contributed by atoms with Gasteiger partial charge in [-0.05, 0) is 83.2 Å². The van der Waals surface area contributed by atoms with Crippen molar-refractivity contribution in [1.82, 2.24) is 5.32 Å². The van der Waals surface area contributed by atoms with Gasteiger partial charge in [-0.2, -0.15) is 0 Å². The van der Waals surface area contributed by atoms with Crippen molar-refractivity contribution in [3.05, 3.63) is 0 Å². The summed E-state index contributed by atoms with van der Waals surface area (Å²) < 4.78 is 0. The van der Waals surface area contributed by atoms with Crippen LogP contribution in [0, 0.1) is 17.8 Å². The maximum atomic E-state index is 5.97. The van der Waals surface area contributed by atoms with Gasteiger partial charge in [0.2, 0.25) is 0 Å². The van der Waals surface area contributed by atoms with E-state index in [2.05, 4.69) is 19.2 Å². The molecule has 3 N–H and O–H groups in total. The Bertz CT molecular complexity index is 199. The molecule has 0 amide bonds. The van der Waals surface area contributed by atoms with Crippen LogP contribution in [0.5, 0.6) is 0 Å². The fraction of sp³-hybridized carbons (Fsp3) is 1.00. The molecule has 0 aromatic carbocycles. The minimum absolute atomic E-state index is 0.00800. The summed E-state index contributed by atoms with van der Waals surface area (Å²) in [5, 5.41) is 3.65. The van der Waals surface area contributed by atoms with Gasteiger partial charge in [-0.15, -0.1) is 0 Å². The maximum absolute atomic E-state index is 5.97. The van der Waals surface area contributed by atoms with E-state index in [9.17, 15) is 0 Å². The number of hydrogen-bond donors (Lipinski definition) is 2. The van der Waals surface area contributed by atoms with Gasteiger partial charge in [-0.3, -0.25) is 0 Å². The summed E-state index contributed by atoms with van der Waals surface area (Å²) in [6.45, 7) is 6.64. The van der Waals surface area contributed by atoms with Gasteiger partial charge >= 0.3 is 0 Å². The minimum atomic E-state index is 0.00800. The molecule has 0 aromatic heterocycles. The van der Waals surface area contributed by atoms with Crippen molar-refractivity contribution in [3.63, 3.8) is 0 Å². The molecule has 2 fully saturated rings. The SMILES string of the molecule is CC(C)(N)CCCNCC(C1CC1)C1CC1. The second-order valence-electron chi connectivity index (χ2n) is 6.63. The Kier molecular flexibility index (Phi) is 3.91. The Hall–Kier alpha value is -0.0800. The molecule has 0 unspecified atom stereocenters. The summed E-state index contributed by atoms with van der Waals surface area (Å²) in [7, 11) is 0. The van der Waals surface area contributed by atoms with Gasteiger partial charge in [0.05, 0.1) is 0 Å². The molecule has 0 atom stereocenters. The molecule has 2 heteroatoms. The summed E-state index contributed by atoms with van der Waals surface area (Å²) >= 11 is 0. The molecular formula is C14H28N2. The predicted octanol–water partition coefficient (Wildman–Crippen LogP) is 2.53. The summed E-state index contributed by atoms with van der Waals surface area (Å²) in [5.74, 6) is 3.16. The lowest BCUT2D eigenvalue weighted by molar-refractivity contribution is 0.370. The molecule has 0 spiro atoms. The average molecular weight is 224 g/mol. The van der Waals surface area contributed by atoms with E-state index in [-0.39, 0.29) is 5.54 Å². The molecule has 2 aliphatic rings. The highest BCUT2D eigenvalue weighted by atomic mass is 14.9. The summed E-state index contributed by atoms with van der Waals surface area (Å²) in [6.07, 6.45) is 8.33. The summed E-state index contributed by atoms with van der Waals surface area (Å²) in [5.41, 5.74) is 5.97. The van der Waals surface area contributed by atoms with E-state index in [0.717, 1.165) is 30.7 Å². The molecule has 0 aromatic rings. The molecule has 0 bridgehead atoms. The van der Waals surface area contributed by atoms with E-state index in [1.165, 1.54) is 38.6 Å². The second kappa shape index (κ2) is 5.05. The molecule has 0 heterocycles. The van der Waals surface area contributed by atoms with Gasteiger partial charge in [-0.1, -0.05) is 0 Å². The molecule has 0 saturated heterocycles. The van der Waals surface area contributed by atoms with Crippen LogP contribution in [0.2, 0.25) is 0 Å². The molecule has 2 nitrogen and oxygen atoms in total. The zero-order valence-electron chi connectivity index (χ0n) is 11.0. The molecular weight excluding hydrogens is 196 g/mol. The van der Waals surface area contributed by atoms with E-state index in [1.807, 2.05) is 0 Å². The van der Waals surface area contributed by atoms with E-state index >= 15 is 0 Å². The second-order valence-corrected chi connectivity index (χ2v) is 6.63. The fourth-order valence-corrected chi connectivity index (χ4v) is 2.70. The van der Waals surface area contributed by atoms with Crippen LogP contribution in [0.3, 0.4) is 0 Å². The van der Waals surface area contributed by atoms with Gasteiger partial charge < -0.3 is 11.1 Å². The molecule has 0 radical (unpaired) electrons. The highest BCUT2D eigenvalue weighted by molar-refractivity contribution is 4.92. The molecule has 94 valence electrons. The number of nitrogens with two attached hydrogens (primary N) is 1. The van der Waals surface area contributed by atoms with Crippen molar-refractivity contribution in [1.29, 1.82) is 0 Å². The largest absolute Gasteiger partial charge is 0.326 e. The van der Waals surface area contributed by atoms with E-state index in [1.54, 1.807) is 0 Å². The molecule has 2 aliphatic carbocycles. The van der Waals surface area contributed by atoms with Crippen LogP contribution in [0.1, 0.15) is 52.4 Å². The minimum Gasteiger partial charge on any atom is -0.326 e. The Morgan fingerprint density at radius 1 is 1.19 bits per heavy atom. The lowest BCUT2D eigenvalue weighted by atomic mass is 9.97. The quantitative estimate of drug-likeness (QED) is 0.622. The van der Waals surface area contributed by atoms with Crippen LogP contribution < -0.4 is 11.1 Å². The fourth-order valence-electron chi connectivity index (χ4n) is 2.70. The van der Waals surface area contributed by atoms with E-state index in [0.29, 0.717) is 0 Å². The highest BCUT2D eigenvalue weighted by Gasteiger charge is 2.40. The van der Waals surface area contributed by atoms with E-state index < -0.39 is 0 Å². The van der Waals surface area contributed by atoms with Gasteiger partial charge in [0.1, 0.15) is 0 Å². The average Bonchev–Trinajstić information content (AvgIpc) is 2.98. The first-order valence-electron chi connectivity index (χ1n) is 7.06. The topological polar surface area (TPSA) is 38.0 Å². The van der Waals surface area contributed by atoms with Gasteiger partial charge in [0.25, 0.3) is 0 Å². The van der Waals surface area contributed by atoms with Gasteiger partial charge in [-0.25, -0.2) is 0 Å². The van der Waals surface area contributed by atoms with Crippen molar-refractivity contribution in [2.75, 3.05) is 13.1 Å². The summed E-state index contributed by atoms with van der Waals surface area (Å²) in [6, 6.07) is 0. The van der Waals surface area contributed by atoms with Gasteiger partial charge in [0, 0.05) is 5.54 Å². The number of rotatable bonds is 8. The van der Waals surface area contributed by atoms with Crippen molar-refractivity contribution < 1.29 is 0 Å². The monoisotopic (exact) mass is 224 g/mol. The predicted molar refractivity (Wildman–Crippen MR) is 69.3 cm³/mol. The standard InChI is InChI=1S/C14H28N2/c1-14(2,15)8-3-9-16-10-13(11-4-5-11)12-6-7-12/h11-13,16H,3-10,15H2,1-2H3. The molecule has 2 rings (SSSR count). The van der Waals surface area contributed by atoms with Crippen LogP contribution in [-0.2, 0) is 0 Å². The van der Waals surface area contributed by atoms with E-state index in [4.69, 9.17) is 5.73 Å². The maximum Gasteiger partial charge on any atom is 0.00975 e. The first-order chi connectivity index (χ1) is 7.56. The first-order valence-corrected chi connectivity index (χ1v) is 7.06. The van der Waals surface area contributed by atoms with Crippen LogP contribution in [-0.4, -0.2) is 18.6 Å². The van der Waals surface area contributed by atoms with Crippen molar-refractivity contribution >= 4 is 0 Å². The van der Waals surface area contributed by atoms with Crippen molar-refractivity contribution in [2.24, 2.45) is 23.5 Å². The molecule has 2 saturated carbocycles. The normalized spacial score (nSPS) is 21.8. The molecule has 0 aliphatic heterocycles. The lowest BCUT2D eigenvalue weighted by Crippen LogP contribution is -2.33. The first kappa shape index (κ1) is 12.4. The zero-order chi connectivity index (χ0) is 11.6. The number of nitrogens with one attached hydrogen (secondary N) is 1. The Morgan fingerprint density at radius 2 is 1.75 bits per heavy atom. The lowest BCUT2D eigenvalue weighted by Gasteiger charge is -2.19. The van der Waals surface area contributed by atoms with Crippen LogP contribution >= 0.6 is 0 Å². The molecule has 16 heavy (non-hydrogen) atoms. The smallest absolute Gasteiger partial charge is 0.00975 e. The summed E-state index contributed by atoms with van der Waals surface area (Å²) in [4.78, 5) is 0. The third-order valence-corrected chi connectivity index (χ3v) is 4.01. The van der Waals surface area contributed by atoms with Crippen molar-refractivity contribution in [2.45, 2.75) is 57.9 Å². The number of hydrogen-bond acceptors (Lipinski definition) is 2. The zero-order valence-corrected chi connectivity index (χ0v) is 11.0.